The van der Waals surface area contributed by atoms with Crippen LogP contribution in [0.4, 0.5) is 5.69 Å². The molecule has 7 heteroatoms. The molecule has 1 aromatic rings. The third kappa shape index (κ3) is 3.41. The highest BCUT2D eigenvalue weighted by Crippen LogP contribution is 2.27. The molecule has 0 saturated carbocycles. The standard InChI is InChI=1S/C13H22N2O4S/c1-12(2,13(3,4)16)15-20(17,18)11-7-6-9(19-5)8-10(11)14/h6-8,15-16H,14H2,1-5H3. The molecule has 1 rings (SSSR count). The molecule has 114 valence electrons. The van der Waals surface area contributed by atoms with Crippen LogP contribution in [-0.4, -0.2) is 31.8 Å². The number of sulfonamides is 1. The summed E-state index contributed by atoms with van der Waals surface area (Å²) in [6.07, 6.45) is 0. The fraction of sp³-hybridized carbons (Fsp3) is 0.538. The number of aliphatic hydroxyl groups is 1. The Hall–Kier alpha value is -1.31. The van der Waals surface area contributed by atoms with Gasteiger partial charge in [0.2, 0.25) is 10.0 Å². The Balaban J connectivity index is 3.19. The Bertz CT molecular complexity index is 589. The van der Waals surface area contributed by atoms with E-state index in [4.69, 9.17) is 10.5 Å². The van der Waals surface area contributed by atoms with E-state index in [1.54, 1.807) is 13.8 Å². The minimum Gasteiger partial charge on any atom is -0.497 e. The molecule has 0 heterocycles. The van der Waals surface area contributed by atoms with Gasteiger partial charge in [-0.15, -0.1) is 0 Å². The molecule has 0 aliphatic rings. The molecule has 4 N–H and O–H groups in total. The molecule has 0 aliphatic carbocycles. The Morgan fingerprint density at radius 3 is 2.20 bits per heavy atom. The van der Waals surface area contributed by atoms with Crippen LogP contribution in [0.5, 0.6) is 5.75 Å². The van der Waals surface area contributed by atoms with Crippen molar-refractivity contribution in [1.29, 1.82) is 0 Å². The zero-order valence-electron chi connectivity index (χ0n) is 12.4. The molecule has 0 amide bonds. The Kier molecular flexibility index (Phi) is 4.38. The first-order valence-electron chi connectivity index (χ1n) is 6.10. The quantitative estimate of drug-likeness (QED) is 0.707. The van der Waals surface area contributed by atoms with Crippen molar-refractivity contribution in [3.8, 4) is 5.75 Å². The van der Waals surface area contributed by atoms with Crippen molar-refractivity contribution >= 4 is 15.7 Å². The largest absolute Gasteiger partial charge is 0.497 e. The van der Waals surface area contributed by atoms with E-state index >= 15 is 0 Å². The van der Waals surface area contributed by atoms with Gasteiger partial charge in [0, 0.05) is 6.07 Å². The number of anilines is 1. The summed E-state index contributed by atoms with van der Waals surface area (Å²) in [7, 11) is -2.38. The zero-order chi connectivity index (χ0) is 15.8. The molecule has 0 aliphatic heterocycles. The maximum absolute atomic E-state index is 12.4. The summed E-state index contributed by atoms with van der Waals surface area (Å²) < 4.78 is 32.2. The van der Waals surface area contributed by atoms with E-state index in [2.05, 4.69) is 4.72 Å². The molecule has 0 unspecified atom stereocenters. The van der Waals surface area contributed by atoms with Gasteiger partial charge < -0.3 is 15.6 Å². The van der Waals surface area contributed by atoms with Gasteiger partial charge in [-0.05, 0) is 39.8 Å². The highest BCUT2D eigenvalue weighted by molar-refractivity contribution is 7.89. The van der Waals surface area contributed by atoms with E-state index in [-0.39, 0.29) is 10.6 Å². The van der Waals surface area contributed by atoms with Crippen molar-refractivity contribution in [2.24, 2.45) is 0 Å². The zero-order valence-corrected chi connectivity index (χ0v) is 13.2. The SMILES string of the molecule is COc1ccc(S(=O)(=O)NC(C)(C)C(C)(C)O)c(N)c1. The maximum Gasteiger partial charge on any atom is 0.243 e. The normalized spacial score (nSPS) is 13.3. The average molecular weight is 302 g/mol. The van der Waals surface area contributed by atoms with E-state index in [0.717, 1.165) is 0 Å². The lowest BCUT2D eigenvalue weighted by atomic mass is 9.87. The van der Waals surface area contributed by atoms with E-state index in [0.29, 0.717) is 5.75 Å². The van der Waals surface area contributed by atoms with Gasteiger partial charge >= 0.3 is 0 Å². The topological polar surface area (TPSA) is 102 Å². The summed E-state index contributed by atoms with van der Waals surface area (Å²) in [6, 6.07) is 4.32. The number of benzene rings is 1. The molecule has 0 fully saturated rings. The van der Waals surface area contributed by atoms with Crippen molar-refractivity contribution in [1.82, 2.24) is 4.72 Å². The summed E-state index contributed by atoms with van der Waals surface area (Å²) >= 11 is 0. The number of nitrogen functional groups attached to an aromatic ring is 1. The molecule has 0 aromatic heterocycles. The Morgan fingerprint density at radius 2 is 1.80 bits per heavy atom. The van der Waals surface area contributed by atoms with Crippen LogP contribution >= 0.6 is 0 Å². The first-order chi connectivity index (χ1) is 8.90. The molecular weight excluding hydrogens is 280 g/mol. The second-order valence-corrected chi connectivity index (χ2v) is 7.34. The van der Waals surface area contributed by atoms with Gasteiger partial charge in [0.05, 0.1) is 23.9 Å². The van der Waals surface area contributed by atoms with E-state index in [1.807, 2.05) is 0 Å². The highest BCUT2D eigenvalue weighted by Gasteiger charge is 2.39. The lowest BCUT2D eigenvalue weighted by molar-refractivity contribution is 0.00639. The Morgan fingerprint density at radius 1 is 1.25 bits per heavy atom. The minimum absolute atomic E-state index is 0.0457. The monoisotopic (exact) mass is 302 g/mol. The minimum atomic E-state index is -3.85. The van der Waals surface area contributed by atoms with Gasteiger partial charge in [-0.2, -0.15) is 0 Å². The highest BCUT2D eigenvalue weighted by atomic mass is 32.2. The van der Waals surface area contributed by atoms with Gasteiger partial charge in [0.25, 0.3) is 0 Å². The van der Waals surface area contributed by atoms with Crippen LogP contribution in [0.3, 0.4) is 0 Å². The van der Waals surface area contributed by atoms with Crippen molar-refractivity contribution < 1.29 is 18.3 Å². The van der Waals surface area contributed by atoms with Gasteiger partial charge in [0.15, 0.2) is 0 Å². The van der Waals surface area contributed by atoms with Crippen LogP contribution in [0, 0.1) is 0 Å². The number of nitrogens with one attached hydrogen (secondary N) is 1. The number of nitrogens with two attached hydrogens (primary N) is 1. The number of methoxy groups -OCH3 is 1. The predicted molar refractivity (Wildman–Crippen MR) is 78.1 cm³/mol. The second-order valence-electron chi connectivity index (χ2n) is 5.69. The van der Waals surface area contributed by atoms with E-state index in [9.17, 15) is 13.5 Å². The summed E-state index contributed by atoms with van der Waals surface area (Å²) in [5.74, 6) is 0.475. The number of hydrogen-bond donors (Lipinski definition) is 3. The van der Waals surface area contributed by atoms with Gasteiger partial charge in [-0.25, -0.2) is 13.1 Å². The van der Waals surface area contributed by atoms with Crippen LogP contribution in [0.1, 0.15) is 27.7 Å². The van der Waals surface area contributed by atoms with Gasteiger partial charge in [-0.3, -0.25) is 0 Å². The van der Waals surface area contributed by atoms with Crippen LogP contribution in [0.25, 0.3) is 0 Å². The maximum atomic E-state index is 12.4. The first-order valence-corrected chi connectivity index (χ1v) is 7.59. The van der Waals surface area contributed by atoms with Crippen molar-refractivity contribution in [2.45, 2.75) is 43.7 Å². The smallest absolute Gasteiger partial charge is 0.243 e. The summed E-state index contributed by atoms with van der Waals surface area (Å²) in [5.41, 5.74) is 3.54. The molecular formula is C13H22N2O4S. The molecule has 0 saturated heterocycles. The average Bonchev–Trinajstić information content (AvgIpc) is 2.25. The fourth-order valence-corrected chi connectivity index (χ4v) is 3.06. The number of rotatable bonds is 5. The van der Waals surface area contributed by atoms with Gasteiger partial charge in [-0.1, -0.05) is 0 Å². The molecule has 1 aromatic carbocycles. The summed E-state index contributed by atoms with van der Waals surface area (Å²) in [4.78, 5) is -0.0457. The molecule has 0 spiro atoms. The van der Waals surface area contributed by atoms with E-state index in [1.165, 1.54) is 39.2 Å². The van der Waals surface area contributed by atoms with Crippen LogP contribution in [0.2, 0.25) is 0 Å². The molecule has 0 atom stereocenters. The second kappa shape index (κ2) is 5.23. The molecule has 6 nitrogen and oxygen atoms in total. The molecule has 0 bridgehead atoms. The fourth-order valence-electron chi connectivity index (χ4n) is 1.41. The molecule has 20 heavy (non-hydrogen) atoms. The first kappa shape index (κ1) is 16.7. The van der Waals surface area contributed by atoms with Crippen LogP contribution in [-0.2, 0) is 10.0 Å². The Labute approximate surface area is 120 Å². The number of hydrogen-bond acceptors (Lipinski definition) is 5. The lowest BCUT2D eigenvalue weighted by Gasteiger charge is -2.37. The third-order valence-electron chi connectivity index (χ3n) is 3.43. The summed E-state index contributed by atoms with van der Waals surface area (Å²) in [5, 5.41) is 10.0. The van der Waals surface area contributed by atoms with Crippen LogP contribution < -0.4 is 15.2 Å². The number of ether oxygens (including phenoxy) is 1. The summed E-state index contributed by atoms with van der Waals surface area (Å²) in [6.45, 7) is 6.27. The van der Waals surface area contributed by atoms with Crippen LogP contribution in [0.15, 0.2) is 23.1 Å². The van der Waals surface area contributed by atoms with Gasteiger partial charge in [0.1, 0.15) is 10.6 Å². The van der Waals surface area contributed by atoms with Crippen molar-refractivity contribution in [3.63, 3.8) is 0 Å². The van der Waals surface area contributed by atoms with Crippen molar-refractivity contribution in [3.05, 3.63) is 18.2 Å². The molecule has 0 radical (unpaired) electrons. The van der Waals surface area contributed by atoms with E-state index < -0.39 is 21.2 Å². The third-order valence-corrected chi connectivity index (χ3v) is 5.16. The lowest BCUT2D eigenvalue weighted by Crippen LogP contribution is -2.57. The predicted octanol–water partition coefficient (Wildman–Crippen LogP) is 1.11. The van der Waals surface area contributed by atoms with Crippen molar-refractivity contribution in [2.75, 3.05) is 12.8 Å².